The van der Waals surface area contributed by atoms with Crippen molar-refractivity contribution in [3.05, 3.63) is 42.7 Å². The number of rotatable bonds is 3. The first-order valence-electron chi connectivity index (χ1n) is 8.09. The molecule has 1 saturated heterocycles. The predicted molar refractivity (Wildman–Crippen MR) is 88.7 cm³/mol. The highest BCUT2D eigenvalue weighted by molar-refractivity contribution is 5.79. The van der Waals surface area contributed by atoms with Crippen LogP contribution >= 0.6 is 0 Å². The minimum absolute atomic E-state index is 0.0447. The zero-order valence-corrected chi connectivity index (χ0v) is 13.2. The lowest BCUT2D eigenvalue weighted by molar-refractivity contribution is 0.233. The highest BCUT2D eigenvalue weighted by atomic mass is 16.5. The number of aromatic nitrogens is 1. The second-order valence-corrected chi connectivity index (χ2v) is 6.43. The number of fused-ring (bicyclic) bond motifs is 2. The Morgan fingerprint density at radius 3 is 2.96 bits per heavy atom. The number of piperidine rings is 1. The average molecular weight is 311 g/mol. The number of hydrogen-bond donors (Lipinski definition) is 2. The van der Waals surface area contributed by atoms with E-state index in [-0.39, 0.29) is 6.03 Å². The summed E-state index contributed by atoms with van der Waals surface area (Å²) in [7, 11) is 1.65. The number of nitrogens with zero attached hydrogens (tertiary/aromatic N) is 1. The number of amides is 1. The van der Waals surface area contributed by atoms with Gasteiger partial charge in [-0.15, -0.1) is 0 Å². The van der Waals surface area contributed by atoms with Crippen LogP contribution in [0.5, 0.6) is 5.75 Å². The van der Waals surface area contributed by atoms with E-state index in [1.165, 1.54) is 6.42 Å². The summed E-state index contributed by atoms with van der Waals surface area (Å²) >= 11 is 0. The first-order valence-corrected chi connectivity index (χ1v) is 8.09. The molecule has 0 spiro atoms. The molecule has 5 nitrogen and oxygen atoms in total. The van der Waals surface area contributed by atoms with Crippen LogP contribution in [0.1, 0.15) is 12.8 Å². The smallest absolute Gasteiger partial charge is 0.325 e. The molecular formula is C18H21N3O2. The summed E-state index contributed by atoms with van der Waals surface area (Å²) in [5.74, 6) is 1.39. The monoisotopic (exact) mass is 311 g/mol. The number of hydrogen-bond acceptors (Lipinski definition) is 3. The Morgan fingerprint density at radius 2 is 2.22 bits per heavy atom. The zero-order chi connectivity index (χ0) is 15.8. The lowest BCUT2D eigenvalue weighted by Crippen LogP contribution is -2.45. The third-order valence-electron chi connectivity index (χ3n) is 5.00. The fraction of sp³-hybridized carbons (Fsp3) is 0.389. The molecule has 2 aromatic rings. The van der Waals surface area contributed by atoms with E-state index in [4.69, 9.17) is 4.74 Å². The molecule has 3 unspecified atom stereocenters. The van der Waals surface area contributed by atoms with Gasteiger partial charge in [-0.3, -0.25) is 4.57 Å². The summed E-state index contributed by atoms with van der Waals surface area (Å²) in [6, 6.07) is 10.7. The molecule has 0 radical (unpaired) electrons. The van der Waals surface area contributed by atoms with E-state index in [0.29, 0.717) is 18.0 Å². The van der Waals surface area contributed by atoms with Gasteiger partial charge in [0.25, 0.3) is 0 Å². The van der Waals surface area contributed by atoms with Crippen molar-refractivity contribution in [1.82, 2.24) is 15.2 Å². The summed E-state index contributed by atoms with van der Waals surface area (Å²) in [5.41, 5.74) is 2.05. The number of carbonyl (C=O) groups excluding carboxylic acids is 1. The average Bonchev–Trinajstić information content (AvgIpc) is 3.31. The Bertz CT molecular complexity index is 725. The molecule has 120 valence electrons. The Kier molecular flexibility index (Phi) is 3.58. The van der Waals surface area contributed by atoms with Crippen molar-refractivity contribution in [1.29, 1.82) is 0 Å². The Morgan fingerprint density at radius 1 is 1.30 bits per heavy atom. The number of carbonyl (C=O) groups is 1. The van der Waals surface area contributed by atoms with E-state index in [2.05, 4.69) is 10.6 Å². The molecule has 1 saturated carbocycles. The van der Waals surface area contributed by atoms with Crippen LogP contribution in [0.3, 0.4) is 0 Å². The maximum absolute atomic E-state index is 12.5. The van der Waals surface area contributed by atoms with E-state index < -0.39 is 0 Å². The van der Waals surface area contributed by atoms with Crippen LogP contribution in [-0.2, 0) is 0 Å². The summed E-state index contributed by atoms with van der Waals surface area (Å²) in [6.45, 7) is 1.02. The number of methoxy groups -OCH3 is 1. The van der Waals surface area contributed by atoms with Crippen LogP contribution in [0.2, 0.25) is 0 Å². The molecule has 23 heavy (non-hydrogen) atoms. The number of nitrogens with one attached hydrogen (secondary N) is 2. The highest BCUT2D eigenvalue weighted by Gasteiger charge is 2.40. The molecule has 2 bridgehead atoms. The highest BCUT2D eigenvalue weighted by Crippen LogP contribution is 2.31. The lowest BCUT2D eigenvalue weighted by Gasteiger charge is -2.23. The third-order valence-corrected chi connectivity index (χ3v) is 5.00. The SMILES string of the molecule is COc1cccc(-c2ccn(C(=O)NC3CC4CC3CN4)c2)c1. The summed E-state index contributed by atoms with van der Waals surface area (Å²) in [4.78, 5) is 12.5. The molecule has 4 rings (SSSR count). The van der Waals surface area contributed by atoms with Gasteiger partial charge in [0.2, 0.25) is 0 Å². The van der Waals surface area contributed by atoms with Crippen molar-refractivity contribution in [3.8, 4) is 16.9 Å². The molecule has 2 heterocycles. The van der Waals surface area contributed by atoms with Crippen molar-refractivity contribution < 1.29 is 9.53 Å². The fourth-order valence-corrected chi connectivity index (χ4v) is 3.74. The summed E-state index contributed by atoms with van der Waals surface area (Å²) in [5, 5.41) is 6.64. The molecular weight excluding hydrogens is 290 g/mol. The first kappa shape index (κ1) is 14.3. The van der Waals surface area contributed by atoms with E-state index in [9.17, 15) is 4.79 Å². The van der Waals surface area contributed by atoms with Crippen LogP contribution in [0.4, 0.5) is 4.79 Å². The zero-order valence-electron chi connectivity index (χ0n) is 13.2. The van der Waals surface area contributed by atoms with Gasteiger partial charge in [0.1, 0.15) is 5.75 Å². The Hall–Kier alpha value is -2.27. The molecule has 1 amide bonds. The quantitative estimate of drug-likeness (QED) is 0.915. The topological polar surface area (TPSA) is 55.3 Å². The van der Waals surface area contributed by atoms with Crippen LogP contribution in [0.15, 0.2) is 42.7 Å². The molecule has 2 fully saturated rings. The standard InChI is InChI=1S/C18H21N3O2/c1-23-16-4-2-3-12(8-16)13-5-6-21(11-13)18(22)20-17-9-15-7-14(17)10-19-15/h2-6,8,11,14-15,17,19H,7,9-10H2,1H3,(H,20,22). The van der Waals surface area contributed by atoms with E-state index in [1.54, 1.807) is 11.7 Å². The third kappa shape index (κ3) is 2.72. The summed E-state index contributed by atoms with van der Waals surface area (Å²) in [6.07, 6.45) is 5.91. The van der Waals surface area contributed by atoms with Gasteiger partial charge in [-0.25, -0.2) is 4.79 Å². The van der Waals surface area contributed by atoms with Crippen LogP contribution in [0.25, 0.3) is 11.1 Å². The van der Waals surface area contributed by atoms with Crippen molar-refractivity contribution in [3.63, 3.8) is 0 Å². The maximum Gasteiger partial charge on any atom is 0.325 e. The molecule has 3 atom stereocenters. The fourth-order valence-electron chi connectivity index (χ4n) is 3.74. The molecule has 1 aromatic carbocycles. The Balaban J connectivity index is 1.47. The van der Waals surface area contributed by atoms with Crippen molar-refractivity contribution >= 4 is 6.03 Å². The van der Waals surface area contributed by atoms with Gasteiger partial charge in [-0.05, 0) is 42.5 Å². The van der Waals surface area contributed by atoms with E-state index >= 15 is 0 Å². The van der Waals surface area contributed by atoms with Crippen molar-refractivity contribution in [2.75, 3.05) is 13.7 Å². The minimum atomic E-state index is -0.0447. The van der Waals surface area contributed by atoms with E-state index in [1.807, 2.05) is 42.7 Å². The molecule has 2 aliphatic rings. The van der Waals surface area contributed by atoms with Crippen molar-refractivity contribution in [2.45, 2.75) is 24.9 Å². The van der Waals surface area contributed by atoms with Crippen LogP contribution < -0.4 is 15.4 Å². The molecule has 1 aliphatic carbocycles. The van der Waals surface area contributed by atoms with E-state index in [0.717, 1.165) is 29.8 Å². The van der Waals surface area contributed by atoms with Crippen LogP contribution in [-0.4, -0.2) is 36.3 Å². The predicted octanol–water partition coefficient (Wildman–Crippen LogP) is 2.47. The van der Waals surface area contributed by atoms with Gasteiger partial charge < -0.3 is 15.4 Å². The van der Waals surface area contributed by atoms with Crippen LogP contribution in [0, 0.1) is 5.92 Å². The number of benzene rings is 1. The molecule has 1 aromatic heterocycles. The molecule has 5 heteroatoms. The minimum Gasteiger partial charge on any atom is -0.497 e. The van der Waals surface area contributed by atoms with Crippen molar-refractivity contribution in [2.24, 2.45) is 5.92 Å². The van der Waals surface area contributed by atoms with Gasteiger partial charge in [-0.2, -0.15) is 0 Å². The number of ether oxygens (including phenoxy) is 1. The molecule has 1 aliphatic heterocycles. The Labute approximate surface area is 135 Å². The largest absolute Gasteiger partial charge is 0.497 e. The lowest BCUT2D eigenvalue weighted by atomic mass is 10.0. The first-order chi connectivity index (χ1) is 11.2. The molecule has 2 N–H and O–H groups in total. The normalized spacial score (nSPS) is 25.5. The maximum atomic E-state index is 12.5. The van der Waals surface area contributed by atoms with Gasteiger partial charge >= 0.3 is 6.03 Å². The van der Waals surface area contributed by atoms with Gasteiger partial charge in [0.15, 0.2) is 0 Å². The van der Waals surface area contributed by atoms with Gasteiger partial charge in [0, 0.05) is 36.6 Å². The summed E-state index contributed by atoms with van der Waals surface area (Å²) < 4.78 is 6.89. The second kappa shape index (κ2) is 5.74. The van der Waals surface area contributed by atoms with Gasteiger partial charge in [-0.1, -0.05) is 12.1 Å². The van der Waals surface area contributed by atoms with Gasteiger partial charge in [0.05, 0.1) is 7.11 Å². The second-order valence-electron chi connectivity index (χ2n) is 6.43.